The molecule has 29 heteroatoms. The van der Waals surface area contributed by atoms with Crippen LogP contribution in [0.15, 0.2) is 146 Å². The van der Waals surface area contributed by atoms with E-state index in [4.69, 9.17) is 14.9 Å². The third-order valence-corrected chi connectivity index (χ3v) is 11.6. The number of carbonyl (C=O) groups is 8. The Kier molecular flexibility index (Phi) is 52.0. The predicted molar refractivity (Wildman–Crippen MR) is 357 cm³/mol. The van der Waals surface area contributed by atoms with E-state index >= 15 is 0 Å². The molecular formula is C65H92N12O15Y2-4. The first-order valence-corrected chi connectivity index (χ1v) is 28.5. The van der Waals surface area contributed by atoms with Gasteiger partial charge in [-0.3, -0.25) is 49.5 Å². The van der Waals surface area contributed by atoms with Crippen LogP contribution in [0.4, 0.5) is 4.79 Å². The first-order valence-electron chi connectivity index (χ1n) is 28.5. The maximum absolute atomic E-state index is 11.2. The van der Waals surface area contributed by atoms with Crippen LogP contribution < -0.4 is 42.5 Å². The first kappa shape index (κ1) is 90.8. The summed E-state index contributed by atoms with van der Waals surface area (Å²) in [6.07, 6.45) is 7.94. The summed E-state index contributed by atoms with van der Waals surface area (Å²) >= 11 is 0. The zero-order valence-corrected chi connectivity index (χ0v) is 60.8. The molecule has 0 saturated heterocycles. The van der Waals surface area contributed by atoms with Crippen molar-refractivity contribution >= 4 is 91.2 Å². The second-order valence-corrected chi connectivity index (χ2v) is 18.7. The number of para-hydroxylation sites is 4. The predicted octanol–water partition coefficient (Wildman–Crippen LogP) is 6.83. The number of methoxy groups -OCH3 is 2. The van der Waals surface area contributed by atoms with Crippen LogP contribution in [0.3, 0.4) is 0 Å². The molecule has 2 radical (unpaired) electrons. The van der Waals surface area contributed by atoms with Crippen LogP contribution in [0, 0.1) is 27.7 Å². The van der Waals surface area contributed by atoms with Crippen molar-refractivity contribution in [3.63, 3.8) is 0 Å². The fourth-order valence-electron chi connectivity index (χ4n) is 7.29. The second-order valence-electron chi connectivity index (χ2n) is 18.7. The summed E-state index contributed by atoms with van der Waals surface area (Å²) in [5.74, 6) is -3.89. The molecule has 4 atom stereocenters. The van der Waals surface area contributed by atoms with Crippen LogP contribution in [-0.4, -0.2) is 169 Å². The summed E-state index contributed by atoms with van der Waals surface area (Å²) in [5, 5.41) is 60.2. The molecule has 0 unspecified atom stereocenters. The quantitative estimate of drug-likeness (QED) is 0.0211. The molecule has 8 aromatic rings. The number of urea groups is 1. The Balaban J connectivity index is -0.00000102. The maximum Gasteiger partial charge on any atom is 0.314 e. The number of nitrogens with one attached hydrogen (secondary N) is 8. The van der Waals surface area contributed by atoms with E-state index in [2.05, 4.69) is 93.6 Å². The maximum atomic E-state index is 11.2. The average molecular weight is 1460 g/mol. The Morgan fingerprint density at radius 3 is 0.936 bits per heavy atom. The number of fused-ring (bicyclic) bond motifs is 6. The number of aliphatic carboxylic acids is 4. The molecule has 0 aliphatic rings. The van der Waals surface area contributed by atoms with Crippen molar-refractivity contribution < 1.29 is 138 Å². The zero-order valence-electron chi connectivity index (χ0n) is 55.2. The second kappa shape index (κ2) is 53.9. The molecule has 94 heavy (non-hydrogen) atoms. The van der Waals surface area contributed by atoms with Gasteiger partial charge in [0.15, 0.2) is 0 Å². The molecule has 0 fully saturated rings. The molecule has 4 heterocycles. The van der Waals surface area contributed by atoms with Gasteiger partial charge in [-0.1, -0.05) is 93.1 Å². The van der Waals surface area contributed by atoms with Gasteiger partial charge in [0, 0.05) is 207 Å². The van der Waals surface area contributed by atoms with Crippen molar-refractivity contribution in [1.82, 2.24) is 60.8 Å². The Morgan fingerprint density at radius 2 is 0.723 bits per heavy atom. The van der Waals surface area contributed by atoms with Crippen molar-refractivity contribution in [1.29, 1.82) is 0 Å². The van der Waals surface area contributed by atoms with E-state index in [-0.39, 0.29) is 95.8 Å². The minimum absolute atomic E-state index is 0. The van der Waals surface area contributed by atoms with Gasteiger partial charge in [0.2, 0.25) is 17.7 Å². The molecule has 4 aromatic carbocycles. The fraction of sp³-hybridized carbons (Fsp3) is 0.323. The minimum atomic E-state index is -0.929. The summed E-state index contributed by atoms with van der Waals surface area (Å²) in [6, 6.07) is 35.0. The number of amides is 5. The van der Waals surface area contributed by atoms with Crippen molar-refractivity contribution in [2.75, 3.05) is 82.5 Å². The Hall–Kier alpha value is -7.43. The normalized spacial score (nSPS) is 11.0. The van der Waals surface area contributed by atoms with E-state index in [0.717, 1.165) is 43.6 Å². The molecular weight excluding hydrogens is 1370 g/mol. The number of carboxylic acid groups (broad SMARTS) is 4. The molecule has 12 N–H and O–H groups in total. The van der Waals surface area contributed by atoms with Gasteiger partial charge in [0.1, 0.15) is 6.61 Å². The Labute approximate surface area is 600 Å². The van der Waals surface area contributed by atoms with Gasteiger partial charge in [-0.2, -0.15) is 0 Å². The van der Waals surface area contributed by atoms with Gasteiger partial charge in [-0.05, 0) is 55.6 Å². The number of hydrogen-bond acceptors (Lipinski definition) is 14. The number of likely N-dealkylation sites (N-methyl/N-ethyl adjacent to an activating group) is 1. The van der Waals surface area contributed by atoms with E-state index in [0.29, 0.717) is 33.5 Å². The SMILES string of the molecule is CCC.CNC(=O)NC.CNCOCC(=O)NC.COCNCNC(C)=O.COCNCNC(C)=O.[CH2-][C@H](C(=O)O)n1c2ccccc2c2ccccc21.[CH2-][C@H](C(=O)O)n1c2ccccc2c2ccccc21.[CH2-][C@H](C(=O)O)n1cccc1.[CH2-][C@H](C(=O)O)n1cccc1.[Y].[Y]. The van der Waals surface area contributed by atoms with Gasteiger partial charge < -0.3 is 107 Å². The van der Waals surface area contributed by atoms with Crippen LogP contribution in [0.1, 0.15) is 58.3 Å². The standard InChI is InChI=1S/2C15H12NO2.2C7H8NO2.3C5H12N2O2.C3H8N2O.C3H8.2Y/c2*1-10(15(17)18)16-13-8-4-2-6-11(13)12-7-3-5-9-14(12)16;2*1-6(7(9)10)8-4-2-3-5-8;1-6-4-9-3-5(8)7-2;2*1-5(8)7-3-6-4-9-2;1-4-3(6)5-2;1-3-2;;/h2*2-10H,1H2,(H,17,18);2*2-6H,1H2,(H,9,10);3*6H,3-4H2,1-2H3,(H,7,8);1-2H3,(H2,4,5,6);3H2,1-2H3;;/q4*-1;;;;;;;/t2*10-;2*6-;;;;;;;/m1111......./s1. The summed E-state index contributed by atoms with van der Waals surface area (Å²) < 4.78 is 20.7. The molecule has 0 aliphatic carbocycles. The number of rotatable bonds is 20. The van der Waals surface area contributed by atoms with Crippen molar-refractivity contribution in [3.8, 4) is 0 Å². The minimum Gasteiger partial charge on any atom is -0.482 e. The molecule has 4 aromatic heterocycles. The van der Waals surface area contributed by atoms with Gasteiger partial charge >= 0.3 is 6.03 Å². The number of ether oxygens (including phenoxy) is 3. The van der Waals surface area contributed by atoms with E-state index in [1.54, 1.807) is 101 Å². The van der Waals surface area contributed by atoms with Crippen LogP contribution in [0.25, 0.3) is 43.6 Å². The number of nitrogens with zero attached hydrogens (tertiary/aromatic N) is 4. The average Bonchev–Trinajstić information content (AvgIpc) is 1.62. The number of carboxylic acids is 4. The van der Waals surface area contributed by atoms with Crippen molar-refractivity contribution in [2.45, 2.75) is 58.3 Å². The molecule has 0 saturated carbocycles. The van der Waals surface area contributed by atoms with Gasteiger partial charge in [0.05, 0.1) is 33.5 Å². The van der Waals surface area contributed by atoms with Crippen LogP contribution >= 0.6 is 0 Å². The number of hydrogen-bond donors (Lipinski definition) is 12. The van der Waals surface area contributed by atoms with Crippen LogP contribution in [-0.2, 0) is 113 Å². The third kappa shape index (κ3) is 35.2. The smallest absolute Gasteiger partial charge is 0.314 e. The van der Waals surface area contributed by atoms with E-state index < -0.39 is 48.0 Å². The molecule has 5 amide bonds. The molecule has 0 spiro atoms. The molecule has 27 nitrogen and oxygen atoms in total. The molecule has 512 valence electrons. The first-order chi connectivity index (χ1) is 43.9. The summed E-state index contributed by atoms with van der Waals surface area (Å²) in [7, 11) is 9.63. The molecule has 0 aliphatic heterocycles. The van der Waals surface area contributed by atoms with Crippen molar-refractivity contribution in [2.24, 2.45) is 0 Å². The monoisotopic (exact) mass is 1460 g/mol. The van der Waals surface area contributed by atoms with Gasteiger partial charge in [0.25, 0.3) is 23.9 Å². The molecule has 0 bridgehead atoms. The number of benzene rings is 4. The van der Waals surface area contributed by atoms with Gasteiger partial charge in [-0.25, -0.2) is 4.79 Å². The van der Waals surface area contributed by atoms with E-state index in [9.17, 15) is 48.6 Å². The summed E-state index contributed by atoms with van der Waals surface area (Å²) in [4.78, 5) is 83.8. The summed E-state index contributed by atoms with van der Waals surface area (Å²) in [6.45, 7) is 23.9. The van der Waals surface area contributed by atoms with Crippen molar-refractivity contribution in [3.05, 3.63) is 174 Å². The largest absolute Gasteiger partial charge is 0.482 e. The summed E-state index contributed by atoms with van der Waals surface area (Å²) in [5.41, 5.74) is 3.62. The van der Waals surface area contributed by atoms with E-state index in [1.807, 2.05) is 97.1 Å². The third-order valence-electron chi connectivity index (χ3n) is 11.6. The van der Waals surface area contributed by atoms with Crippen LogP contribution in [0.5, 0.6) is 0 Å². The van der Waals surface area contributed by atoms with Crippen LogP contribution in [0.2, 0.25) is 0 Å². The number of carbonyl (C=O) groups excluding carboxylic acids is 4. The Morgan fingerprint density at radius 1 is 0.447 bits per heavy atom. The van der Waals surface area contributed by atoms with E-state index in [1.165, 1.54) is 29.4 Å². The van der Waals surface area contributed by atoms with Gasteiger partial charge in [-0.15, -0.1) is 0 Å². The fourth-order valence-corrected chi connectivity index (χ4v) is 7.29. The Bertz CT molecular complexity index is 3090. The molecule has 8 rings (SSSR count). The zero-order chi connectivity index (χ0) is 69.6. The topological polar surface area (TPSA) is 361 Å². The number of aromatic nitrogens is 4.